The molecule has 176 valence electrons. The molecule has 0 radical (unpaired) electrons. The van der Waals surface area contributed by atoms with Gasteiger partial charge in [0.2, 0.25) is 10.0 Å². The topological polar surface area (TPSA) is 68.2 Å². The molecule has 3 fully saturated rings. The first-order valence-electron chi connectivity index (χ1n) is 11.4. The number of rotatable bonds is 5. The normalized spacial score (nSPS) is 29.8. The minimum atomic E-state index is -3.07. The first-order chi connectivity index (χ1) is 13.8. The van der Waals surface area contributed by atoms with Crippen molar-refractivity contribution in [2.45, 2.75) is 52.0 Å². The van der Waals surface area contributed by atoms with Crippen molar-refractivity contribution in [3.63, 3.8) is 0 Å². The largest absolute Gasteiger partial charge is 0.356 e. The van der Waals surface area contributed by atoms with Gasteiger partial charge in [-0.05, 0) is 49.9 Å². The lowest BCUT2D eigenvalue weighted by atomic mass is 9.79. The quantitative estimate of drug-likeness (QED) is 0.321. The van der Waals surface area contributed by atoms with Gasteiger partial charge in [0.25, 0.3) is 0 Å². The van der Waals surface area contributed by atoms with Crippen LogP contribution in [-0.4, -0.2) is 93.6 Å². The van der Waals surface area contributed by atoms with Crippen LogP contribution in [0.25, 0.3) is 0 Å². The Hall–Kier alpha value is -0.130. The number of hydrogen-bond acceptors (Lipinski definition) is 4. The van der Waals surface area contributed by atoms with Crippen molar-refractivity contribution in [3.8, 4) is 0 Å². The van der Waals surface area contributed by atoms with E-state index in [1.54, 1.807) is 4.31 Å². The SMILES string of the molecule is CN=C(NCC1CCN(S(C)(=O)=O)C1)N1CCN(C2CCC(C(C)C)CC2)CC1.I. The van der Waals surface area contributed by atoms with E-state index in [-0.39, 0.29) is 24.0 Å². The second kappa shape index (κ2) is 11.7. The van der Waals surface area contributed by atoms with Gasteiger partial charge >= 0.3 is 0 Å². The van der Waals surface area contributed by atoms with Gasteiger partial charge in [0.05, 0.1) is 6.26 Å². The summed E-state index contributed by atoms with van der Waals surface area (Å²) in [5.41, 5.74) is 0. The predicted molar refractivity (Wildman–Crippen MR) is 135 cm³/mol. The third kappa shape index (κ3) is 6.93. The summed E-state index contributed by atoms with van der Waals surface area (Å²) >= 11 is 0. The standard InChI is InChI=1S/C21H41N5O2S.HI/c1-17(2)19-5-7-20(8-6-19)24-11-13-25(14-12-24)21(22-3)23-15-18-9-10-26(16-18)29(4,27)28;/h17-20H,5-16H2,1-4H3,(H,22,23);1H. The fourth-order valence-electron chi connectivity index (χ4n) is 5.27. The molecular weight excluding hydrogens is 513 g/mol. The Bertz CT molecular complexity index is 656. The molecule has 2 aliphatic heterocycles. The van der Waals surface area contributed by atoms with E-state index >= 15 is 0 Å². The minimum Gasteiger partial charge on any atom is -0.356 e. The zero-order valence-electron chi connectivity index (χ0n) is 19.2. The van der Waals surface area contributed by atoms with E-state index in [2.05, 4.69) is 34.0 Å². The van der Waals surface area contributed by atoms with Gasteiger partial charge in [-0.1, -0.05) is 13.8 Å². The monoisotopic (exact) mass is 555 g/mol. The van der Waals surface area contributed by atoms with Crippen LogP contribution in [0.1, 0.15) is 46.0 Å². The Balaban J connectivity index is 0.00000320. The minimum absolute atomic E-state index is 0. The molecule has 0 aromatic rings. The molecule has 1 aliphatic carbocycles. The predicted octanol–water partition coefficient (Wildman–Crippen LogP) is 2.29. The maximum atomic E-state index is 11.7. The number of aliphatic imine (C=N–C) groups is 1. The van der Waals surface area contributed by atoms with E-state index in [1.165, 1.54) is 31.9 Å². The molecule has 0 aromatic heterocycles. The van der Waals surface area contributed by atoms with E-state index < -0.39 is 10.0 Å². The van der Waals surface area contributed by atoms with E-state index in [9.17, 15) is 8.42 Å². The molecule has 1 saturated carbocycles. The second-order valence-corrected chi connectivity index (χ2v) is 11.5. The average molecular weight is 556 g/mol. The summed E-state index contributed by atoms with van der Waals surface area (Å²) in [5.74, 6) is 3.07. The molecule has 9 heteroatoms. The number of nitrogens with one attached hydrogen (secondary N) is 1. The Morgan fingerprint density at radius 3 is 2.17 bits per heavy atom. The smallest absolute Gasteiger partial charge is 0.211 e. The number of sulfonamides is 1. The second-order valence-electron chi connectivity index (χ2n) is 9.54. The summed E-state index contributed by atoms with van der Waals surface area (Å²) in [6.45, 7) is 11.1. The van der Waals surface area contributed by atoms with Crippen molar-refractivity contribution in [1.29, 1.82) is 0 Å². The highest BCUT2D eigenvalue weighted by Crippen LogP contribution is 2.32. The van der Waals surface area contributed by atoms with E-state index in [0.29, 0.717) is 19.0 Å². The molecule has 2 heterocycles. The average Bonchev–Trinajstić information content (AvgIpc) is 3.19. The molecule has 3 aliphatic rings. The van der Waals surface area contributed by atoms with Crippen LogP contribution in [-0.2, 0) is 10.0 Å². The Morgan fingerprint density at radius 2 is 1.67 bits per heavy atom. The maximum absolute atomic E-state index is 11.7. The summed E-state index contributed by atoms with van der Waals surface area (Å²) in [4.78, 5) is 9.54. The third-order valence-electron chi connectivity index (χ3n) is 7.29. The van der Waals surface area contributed by atoms with Gasteiger partial charge in [0, 0.05) is 58.9 Å². The van der Waals surface area contributed by atoms with Crippen molar-refractivity contribution >= 4 is 40.0 Å². The van der Waals surface area contributed by atoms with E-state index in [4.69, 9.17) is 0 Å². The molecule has 7 nitrogen and oxygen atoms in total. The van der Waals surface area contributed by atoms with Crippen LogP contribution in [0.15, 0.2) is 4.99 Å². The van der Waals surface area contributed by atoms with Crippen molar-refractivity contribution in [3.05, 3.63) is 0 Å². The number of guanidine groups is 1. The van der Waals surface area contributed by atoms with Gasteiger partial charge in [0.1, 0.15) is 0 Å². The van der Waals surface area contributed by atoms with Gasteiger partial charge in [0.15, 0.2) is 5.96 Å². The number of piperazine rings is 1. The first-order valence-corrected chi connectivity index (χ1v) is 13.3. The molecule has 3 rings (SSSR count). The van der Waals surface area contributed by atoms with Crippen LogP contribution in [0, 0.1) is 17.8 Å². The van der Waals surface area contributed by atoms with E-state index in [1.807, 2.05) is 7.05 Å². The summed E-state index contributed by atoms with van der Waals surface area (Å²) in [7, 11) is -1.22. The molecule has 2 saturated heterocycles. The van der Waals surface area contributed by atoms with Gasteiger partial charge in [-0.25, -0.2) is 12.7 Å². The van der Waals surface area contributed by atoms with Crippen LogP contribution >= 0.6 is 24.0 Å². The van der Waals surface area contributed by atoms with Crippen LogP contribution < -0.4 is 5.32 Å². The lowest BCUT2D eigenvalue weighted by Gasteiger charge is -2.43. The lowest BCUT2D eigenvalue weighted by molar-refractivity contribution is 0.0864. The van der Waals surface area contributed by atoms with Crippen molar-refractivity contribution < 1.29 is 8.42 Å². The van der Waals surface area contributed by atoms with Gasteiger partial charge in [-0.3, -0.25) is 9.89 Å². The van der Waals surface area contributed by atoms with Crippen LogP contribution in [0.4, 0.5) is 0 Å². The maximum Gasteiger partial charge on any atom is 0.211 e. The third-order valence-corrected chi connectivity index (χ3v) is 8.56. The van der Waals surface area contributed by atoms with Crippen LogP contribution in [0.2, 0.25) is 0 Å². The number of hydrogen-bond donors (Lipinski definition) is 1. The highest BCUT2D eigenvalue weighted by atomic mass is 127. The molecule has 0 aromatic carbocycles. The molecular formula is C21H42IN5O2S. The van der Waals surface area contributed by atoms with Crippen LogP contribution in [0.5, 0.6) is 0 Å². The number of halogens is 1. The Morgan fingerprint density at radius 1 is 1.03 bits per heavy atom. The Kier molecular flexibility index (Phi) is 10.1. The zero-order valence-corrected chi connectivity index (χ0v) is 22.4. The molecule has 0 spiro atoms. The molecule has 1 atom stereocenters. The molecule has 0 bridgehead atoms. The fourth-order valence-corrected chi connectivity index (χ4v) is 6.18. The fraction of sp³-hybridized carbons (Fsp3) is 0.952. The van der Waals surface area contributed by atoms with Crippen molar-refractivity contribution in [1.82, 2.24) is 19.4 Å². The molecule has 1 unspecified atom stereocenters. The summed E-state index contributed by atoms with van der Waals surface area (Å²) < 4.78 is 25.0. The first kappa shape index (κ1) is 26.1. The number of nitrogens with zero attached hydrogens (tertiary/aromatic N) is 4. The molecule has 0 amide bonds. The van der Waals surface area contributed by atoms with E-state index in [0.717, 1.165) is 63.0 Å². The van der Waals surface area contributed by atoms with Crippen molar-refractivity contribution in [2.75, 3.05) is 59.1 Å². The molecule has 30 heavy (non-hydrogen) atoms. The highest BCUT2D eigenvalue weighted by Gasteiger charge is 2.31. The van der Waals surface area contributed by atoms with Crippen molar-refractivity contribution in [2.24, 2.45) is 22.7 Å². The Labute approximate surface area is 201 Å². The summed E-state index contributed by atoms with van der Waals surface area (Å²) in [6, 6.07) is 0.766. The van der Waals surface area contributed by atoms with Gasteiger partial charge in [-0.15, -0.1) is 24.0 Å². The highest BCUT2D eigenvalue weighted by molar-refractivity contribution is 14.0. The van der Waals surface area contributed by atoms with Gasteiger partial charge in [-0.2, -0.15) is 0 Å². The lowest BCUT2D eigenvalue weighted by Crippen LogP contribution is -2.55. The summed E-state index contributed by atoms with van der Waals surface area (Å²) in [5, 5.41) is 3.50. The zero-order chi connectivity index (χ0) is 21.0. The summed E-state index contributed by atoms with van der Waals surface area (Å²) in [6.07, 6.45) is 7.71. The van der Waals surface area contributed by atoms with Gasteiger partial charge < -0.3 is 10.2 Å². The van der Waals surface area contributed by atoms with Crippen LogP contribution in [0.3, 0.4) is 0 Å². The molecule has 1 N–H and O–H groups in total.